The van der Waals surface area contributed by atoms with Crippen LogP contribution in [-0.2, 0) is 13.1 Å². The Bertz CT molecular complexity index is 517. The lowest BCUT2D eigenvalue weighted by molar-refractivity contribution is 0.415. The summed E-state index contributed by atoms with van der Waals surface area (Å²) in [6.45, 7) is 3.15. The summed E-state index contributed by atoms with van der Waals surface area (Å²) in [4.78, 5) is 10.4. The summed E-state index contributed by atoms with van der Waals surface area (Å²) in [5.74, 6) is 0.825. The second-order valence-electron chi connectivity index (χ2n) is 3.61. The molecule has 4 nitrogen and oxygen atoms in total. The normalized spacial score (nSPS) is 10.6. The van der Waals surface area contributed by atoms with E-state index in [1.165, 1.54) is 0 Å². The molecule has 1 heterocycles. The van der Waals surface area contributed by atoms with Gasteiger partial charge in [0.15, 0.2) is 0 Å². The van der Waals surface area contributed by atoms with E-state index in [-0.39, 0.29) is 6.54 Å². The van der Waals surface area contributed by atoms with Crippen LogP contribution in [0.4, 0.5) is 0 Å². The third-order valence-electron chi connectivity index (χ3n) is 2.75. The van der Waals surface area contributed by atoms with Crippen LogP contribution in [0.2, 0.25) is 0 Å². The number of aryl methyl sites for hydroxylation is 1. The number of methoxy groups -OCH3 is 1. The first kappa shape index (κ1) is 10.7. The second kappa shape index (κ2) is 4.35. The zero-order chi connectivity index (χ0) is 11.5. The minimum Gasteiger partial charge on any atom is -0.497 e. The summed E-state index contributed by atoms with van der Waals surface area (Å²) in [5.41, 5.74) is 2.05. The van der Waals surface area contributed by atoms with Gasteiger partial charge in [-0.05, 0) is 19.1 Å². The van der Waals surface area contributed by atoms with Crippen molar-refractivity contribution in [3.05, 3.63) is 34.9 Å². The van der Waals surface area contributed by atoms with Crippen LogP contribution in [0.5, 0.6) is 5.75 Å². The van der Waals surface area contributed by atoms with Gasteiger partial charge in [-0.2, -0.15) is 4.91 Å². The molecule has 0 aliphatic heterocycles. The highest BCUT2D eigenvalue weighted by Crippen LogP contribution is 2.26. The Morgan fingerprint density at radius 3 is 2.88 bits per heavy atom. The highest BCUT2D eigenvalue weighted by molar-refractivity contribution is 5.85. The molecule has 1 aromatic carbocycles. The van der Waals surface area contributed by atoms with E-state index in [9.17, 15) is 4.91 Å². The molecular weight excluding hydrogens is 204 g/mol. The number of aromatic nitrogens is 1. The van der Waals surface area contributed by atoms with Crippen LogP contribution in [0.3, 0.4) is 0 Å². The second-order valence-corrected chi connectivity index (χ2v) is 3.61. The Morgan fingerprint density at radius 2 is 2.25 bits per heavy atom. The maximum absolute atomic E-state index is 10.4. The lowest BCUT2D eigenvalue weighted by Gasteiger charge is -2.03. The predicted octanol–water partition coefficient (Wildman–Crippen LogP) is 2.94. The van der Waals surface area contributed by atoms with Crippen LogP contribution < -0.4 is 4.74 Å². The fourth-order valence-electron chi connectivity index (χ4n) is 1.93. The SMILES string of the molecule is CCn1cc(CN=O)c2ccc(OC)cc21. The average Bonchev–Trinajstić information content (AvgIpc) is 2.67. The first-order chi connectivity index (χ1) is 7.80. The van der Waals surface area contributed by atoms with Gasteiger partial charge in [-0.1, -0.05) is 5.18 Å². The number of hydrogen-bond acceptors (Lipinski definition) is 3. The molecule has 0 bridgehead atoms. The molecule has 0 spiro atoms. The van der Waals surface area contributed by atoms with Gasteiger partial charge in [-0.25, -0.2) is 0 Å². The molecule has 2 aromatic rings. The Labute approximate surface area is 93.8 Å². The number of rotatable bonds is 4. The summed E-state index contributed by atoms with van der Waals surface area (Å²) in [6, 6.07) is 5.85. The third kappa shape index (κ3) is 1.66. The summed E-state index contributed by atoms with van der Waals surface area (Å²) < 4.78 is 7.29. The average molecular weight is 218 g/mol. The lowest BCUT2D eigenvalue weighted by atomic mass is 10.2. The third-order valence-corrected chi connectivity index (χ3v) is 2.75. The number of benzene rings is 1. The van der Waals surface area contributed by atoms with Gasteiger partial charge in [-0.3, -0.25) is 0 Å². The number of fused-ring (bicyclic) bond motifs is 1. The minimum absolute atomic E-state index is 0.218. The van der Waals surface area contributed by atoms with Crippen molar-refractivity contribution in [3.8, 4) is 5.75 Å². The number of nitroso groups, excluding NO2 is 1. The van der Waals surface area contributed by atoms with Crippen molar-refractivity contribution < 1.29 is 4.74 Å². The molecule has 0 fully saturated rings. The molecule has 0 radical (unpaired) electrons. The summed E-state index contributed by atoms with van der Waals surface area (Å²) >= 11 is 0. The number of hydrogen-bond donors (Lipinski definition) is 0. The van der Waals surface area contributed by atoms with Gasteiger partial charge in [0, 0.05) is 29.8 Å². The van der Waals surface area contributed by atoms with Crippen LogP contribution in [0, 0.1) is 4.91 Å². The molecule has 1 aromatic heterocycles. The quantitative estimate of drug-likeness (QED) is 0.740. The van der Waals surface area contributed by atoms with E-state index in [1.54, 1.807) is 7.11 Å². The monoisotopic (exact) mass is 218 g/mol. The van der Waals surface area contributed by atoms with Gasteiger partial charge in [0.2, 0.25) is 0 Å². The lowest BCUT2D eigenvalue weighted by Crippen LogP contribution is -1.91. The van der Waals surface area contributed by atoms with Crippen molar-refractivity contribution in [1.82, 2.24) is 4.57 Å². The van der Waals surface area contributed by atoms with E-state index in [0.717, 1.165) is 28.8 Å². The van der Waals surface area contributed by atoms with Gasteiger partial charge in [0.05, 0.1) is 12.6 Å². The van der Waals surface area contributed by atoms with Gasteiger partial charge in [0.1, 0.15) is 12.3 Å². The van der Waals surface area contributed by atoms with Crippen LogP contribution in [-0.4, -0.2) is 11.7 Å². The highest BCUT2D eigenvalue weighted by atomic mass is 16.5. The van der Waals surface area contributed by atoms with E-state index >= 15 is 0 Å². The summed E-state index contributed by atoms with van der Waals surface area (Å²) in [7, 11) is 1.65. The standard InChI is InChI=1S/C12H14N2O2/c1-3-14-8-9(7-13-15)11-5-4-10(16-2)6-12(11)14/h4-6,8H,3,7H2,1-2H3. The highest BCUT2D eigenvalue weighted by Gasteiger charge is 2.08. The van der Waals surface area contributed by atoms with Gasteiger partial charge < -0.3 is 9.30 Å². The van der Waals surface area contributed by atoms with E-state index in [1.807, 2.05) is 24.4 Å². The zero-order valence-electron chi connectivity index (χ0n) is 9.43. The van der Waals surface area contributed by atoms with Gasteiger partial charge in [-0.15, -0.1) is 0 Å². The fraction of sp³-hybridized carbons (Fsp3) is 0.333. The fourth-order valence-corrected chi connectivity index (χ4v) is 1.93. The minimum atomic E-state index is 0.218. The predicted molar refractivity (Wildman–Crippen MR) is 63.7 cm³/mol. The van der Waals surface area contributed by atoms with Crippen molar-refractivity contribution in [1.29, 1.82) is 0 Å². The maximum atomic E-state index is 10.4. The maximum Gasteiger partial charge on any atom is 0.120 e. The van der Waals surface area contributed by atoms with Gasteiger partial charge >= 0.3 is 0 Å². The van der Waals surface area contributed by atoms with E-state index in [4.69, 9.17) is 4.74 Å². The van der Waals surface area contributed by atoms with Crippen LogP contribution in [0.1, 0.15) is 12.5 Å². The van der Waals surface area contributed by atoms with Crippen molar-refractivity contribution in [2.75, 3.05) is 7.11 Å². The largest absolute Gasteiger partial charge is 0.497 e. The molecule has 84 valence electrons. The Kier molecular flexibility index (Phi) is 2.90. The molecule has 2 rings (SSSR count). The molecular formula is C12H14N2O2. The Morgan fingerprint density at radius 1 is 1.44 bits per heavy atom. The molecule has 0 saturated heterocycles. The first-order valence-corrected chi connectivity index (χ1v) is 5.25. The van der Waals surface area contributed by atoms with E-state index in [0.29, 0.717) is 0 Å². The zero-order valence-corrected chi connectivity index (χ0v) is 9.43. The molecule has 0 amide bonds. The van der Waals surface area contributed by atoms with Gasteiger partial charge in [0.25, 0.3) is 0 Å². The smallest absolute Gasteiger partial charge is 0.120 e. The van der Waals surface area contributed by atoms with E-state index < -0.39 is 0 Å². The van der Waals surface area contributed by atoms with Crippen molar-refractivity contribution in [2.45, 2.75) is 20.0 Å². The molecule has 4 heteroatoms. The van der Waals surface area contributed by atoms with Crippen LogP contribution >= 0.6 is 0 Å². The number of ether oxygens (including phenoxy) is 1. The van der Waals surface area contributed by atoms with E-state index in [2.05, 4.69) is 16.7 Å². The van der Waals surface area contributed by atoms with Crippen molar-refractivity contribution in [3.63, 3.8) is 0 Å². The molecule has 0 saturated carbocycles. The van der Waals surface area contributed by atoms with Crippen molar-refractivity contribution >= 4 is 10.9 Å². The Hall–Kier alpha value is -1.84. The molecule has 0 N–H and O–H groups in total. The van der Waals surface area contributed by atoms with Crippen LogP contribution in [0.15, 0.2) is 29.6 Å². The molecule has 0 aliphatic rings. The molecule has 16 heavy (non-hydrogen) atoms. The van der Waals surface area contributed by atoms with Crippen LogP contribution in [0.25, 0.3) is 10.9 Å². The first-order valence-electron chi connectivity index (χ1n) is 5.25. The Balaban J connectivity index is 2.64. The topological polar surface area (TPSA) is 43.6 Å². The molecule has 0 atom stereocenters. The summed E-state index contributed by atoms with van der Waals surface area (Å²) in [5, 5.41) is 4.02. The number of nitrogens with zero attached hydrogens (tertiary/aromatic N) is 2. The van der Waals surface area contributed by atoms with Crippen molar-refractivity contribution in [2.24, 2.45) is 5.18 Å². The molecule has 0 aliphatic carbocycles. The summed E-state index contributed by atoms with van der Waals surface area (Å²) in [6.07, 6.45) is 1.98. The molecule has 0 unspecified atom stereocenters.